The fraction of sp³-hybridized carbons (Fsp3) is 0.611. The SMILES string of the molecule is COc1ccc2c(c1)CCCN2C(=O)CN1CCC(C(C)O)C1. The number of fused-ring (bicyclic) bond motifs is 1. The van der Waals surface area contributed by atoms with Crippen LogP contribution in [-0.2, 0) is 11.2 Å². The number of anilines is 1. The fourth-order valence-corrected chi connectivity index (χ4v) is 3.64. The van der Waals surface area contributed by atoms with E-state index in [1.807, 2.05) is 30.0 Å². The van der Waals surface area contributed by atoms with Crippen LogP contribution in [0.15, 0.2) is 18.2 Å². The van der Waals surface area contributed by atoms with E-state index >= 15 is 0 Å². The van der Waals surface area contributed by atoms with Gasteiger partial charge < -0.3 is 14.7 Å². The molecule has 1 fully saturated rings. The Balaban J connectivity index is 1.67. The van der Waals surface area contributed by atoms with E-state index in [1.165, 1.54) is 5.56 Å². The molecule has 23 heavy (non-hydrogen) atoms. The highest BCUT2D eigenvalue weighted by molar-refractivity contribution is 5.96. The van der Waals surface area contributed by atoms with E-state index in [9.17, 15) is 9.90 Å². The lowest BCUT2D eigenvalue weighted by molar-refractivity contribution is -0.119. The topological polar surface area (TPSA) is 53.0 Å². The third kappa shape index (κ3) is 3.51. The van der Waals surface area contributed by atoms with Gasteiger partial charge in [0, 0.05) is 18.8 Å². The predicted octanol–water partition coefficient (Wildman–Crippen LogP) is 1.68. The molecule has 0 saturated carbocycles. The second kappa shape index (κ2) is 6.89. The molecule has 2 atom stereocenters. The first-order valence-corrected chi connectivity index (χ1v) is 8.46. The van der Waals surface area contributed by atoms with Gasteiger partial charge in [0.2, 0.25) is 5.91 Å². The lowest BCUT2D eigenvalue weighted by Crippen LogP contribution is -2.42. The Hall–Kier alpha value is -1.59. The van der Waals surface area contributed by atoms with Crippen molar-refractivity contribution in [3.63, 3.8) is 0 Å². The van der Waals surface area contributed by atoms with Crippen molar-refractivity contribution in [2.45, 2.75) is 32.3 Å². The van der Waals surface area contributed by atoms with Crippen molar-refractivity contribution in [3.05, 3.63) is 23.8 Å². The monoisotopic (exact) mass is 318 g/mol. The van der Waals surface area contributed by atoms with Crippen molar-refractivity contribution in [1.29, 1.82) is 0 Å². The first kappa shape index (κ1) is 16.3. The average Bonchev–Trinajstić information content (AvgIpc) is 3.02. The van der Waals surface area contributed by atoms with Gasteiger partial charge in [0.15, 0.2) is 0 Å². The molecule has 3 rings (SSSR count). The van der Waals surface area contributed by atoms with Gasteiger partial charge in [-0.25, -0.2) is 0 Å². The molecule has 126 valence electrons. The number of carbonyl (C=O) groups excluding carboxylic acids is 1. The van der Waals surface area contributed by atoms with Crippen LogP contribution in [0.2, 0.25) is 0 Å². The number of carbonyl (C=O) groups is 1. The minimum Gasteiger partial charge on any atom is -0.497 e. The summed E-state index contributed by atoms with van der Waals surface area (Å²) in [5, 5.41) is 9.70. The zero-order valence-corrected chi connectivity index (χ0v) is 14.0. The number of hydrogen-bond acceptors (Lipinski definition) is 4. The average molecular weight is 318 g/mol. The maximum absolute atomic E-state index is 12.7. The summed E-state index contributed by atoms with van der Waals surface area (Å²) >= 11 is 0. The summed E-state index contributed by atoms with van der Waals surface area (Å²) in [6, 6.07) is 5.95. The van der Waals surface area contributed by atoms with Gasteiger partial charge in [-0.05, 0) is 62.4 Å². The lowest BCUT2D eigenvalue weighted by Gasteiger charge is -2.31. The maximum atomic E-state index is 12.7. The number of aliphatic hydroxyl groups excluding tert-OH is 1. The molecule has 5 heteroatoms. The molecule has 0 aliphatic carbocycles. The van der Waals surface area contributed by atoms with E-state index in [0.29, 0.717) is 12.5 Å². The third-order valence-corrected chi connectivity index (χ3v) is 5.06. The standard InChI is InChI=1S/C18H26N2O3/c1-13(21)15-7-9-19(11-15)12-18(22)20-8-3-4-14-10-16(23-2)5-6-17(14)20/h5-6,10,13,15,21H,3-4,7-9,11-12H2,1-2H3. The second-order valence-corrected chi connectivity index (χ2v) is 6.67. The Kier molecular flexibility index (Phi) is 4.87. The van der Waals surface area contributed by atoms with Gasteiger partial charge >= 0.3 is 0 Å². The number of rotatable bonds is 4. The van der Waals surface area contributed by atoms with Crippen LogP contribution in [0.25, 0.3) is 0 Å². The van der Waals surface area contributed by atoms with E-state index in [-0.39, 0.29) is 12.0 Å². The van der Waals surface area contributed by atoms with Crippen molar-refractivity contribution in [1.82, 2.24) is 4.90 Å². The Morgan fingerprint density at radius 1 is 1.43 bits per heavy atom. The van der Waals surface area contributed by atoms with E-state index < -0.39 is 0 Å². The van der Waals surface area contributed by atoms with Crippen LogP contribution in [0.3, 0.4) is 0 Å². The van der Waals surface area contributed by atoms with Crippen LogP contribution in [0.5, 0.6) is 5.75 Å². The van der Waals surface area contributed by atoms with Crippen molar-refractivity contribution in [2.24, 2.45) is 5.92 Å². The van der Waals surface area contributed by atoms with Crippen molar-refractivity contribution in [3.8, 4) is 5.75 Å². The molecule has 1 N–H and O–H groups in total. The number of benzene rings is 1. The molecule has 0 aromatic heterocycles. The zero-order chi connectivity index (χ0) is 16.4. The Morgan fingerprint density at radius 3 is 2.96 bits per heavy atom. The van der Waals surface area contributed by atoms with E-state index in [4.69, 9.17) is 4.74 Å². The molecule has 5 nitrogen and oxygen atoms in total. The summed E-state index contributed by atoms with van der Waals surface area (Å²) in [5.74, 6) is 1.29. The van der Waals surface area contributed by atoms with E-state index in [2.05, 4.69) is 4.90 Å². The molecule has 2 heterocycles. The van der Waals surface area contributed by atoms with Crippen LogP contribution in [0.4, 0.5) is 5.69 Å². The summed E-state index contributed by atoms with van der Waals surface area (Å²) in [6.07, 6.45) is 2.66. The fourth-order valence-electron chi connectivity index (χ4n) is 3.64. The van der Waals surface area contributed by atoms with Crippen molar-refractivity contribution >= 4 is 11.6 Å². The number of amides is 1. The van der Waals surface area contributed by atoms with Gasteiger partial charge in [-0.3, -0.25) is 9.69 Å². The van der Waals surface area contributed by atoms with Gasteiger partial charge in [-0.1, -0.05) is 0 Å². The molecule has 2 aliphatic heterocycles. The first-order valence-electron chi connectivity index (χ1n) is 8.46. The predicted molar refractivity (Wildman–Crippen MR) is 89.9 cm³/mol. The molecular weight excluding hydrogens is 292 g/mol. The highest BCUT2D eigenvalue weighted by atomic mass is 16.5. The van der Waals surface area contributed by atoms with Gasteiger partial charge in [0.05, 0.1) is 19.8 Å². The minimum atomic E-state index is -0.293. The summed E-state index contributed by atoms with van der Waals surface area (Å²) in [4.78, 5) is 16.8. The van der Waals surface area contributed by atoms with E-state index in [0.717, 1.165) is 50.3 Å². The van der Waals surface area contributed by atoms with Gasteiger partial charge in [0.1, 0.15) is 5.75 Å². The Morgan fingerprint density at radius 2 is 2.26 bits per heavy atom. The number of likely N-dealkylation sites (tertiary alicyclic amines) is 1. The molecule has 0 radical (unpaired) electrons. The summed E-state index contributed by atoms with van der Waals surface area (Å²) < 4.78 is 5.28. The first-order chi connectivity index (χ1) is 11.1. The number of hydrogen-bond donors (Lipinski definition) is 1. The van der Waals surface area contributed by atoms with Crippen molar-refractivity contribution in [2.75, 3.05) is 38.2 Å². The molecule has 1 saturated heterocycles. The largest absolute Gasteiger partial charge is 0.497 e. The molecule has 2 unspecified atom stereocenters. The summed E-state index contributed by atoms with van der Waals surface area (Å²) in [5.41, 5.74) is 2.21. The summed E-state index contributed by atoms with van der Waals surface area (Å²) in [7, 11) is 1.67. The maximum Gasteiger partial charge on any atom is 0.241 e. The number of ether oxygens (including phenoxy) is 1. The van der Waals surface area contributed by atoms with Crippen LogP contribution >= 0.6 is 0 Å². The Labute approximate surface area is 137 Å². The highest BCUT2D eigenvalue weighted by Crippen LogP contribution is 2.31. The molecular formula is C18H26N2O3. The Bertz CT molecular complexity index is 573. The number of methoxy groups -OCH3 is 1. The highest BCUT2D eigenvalue weighted by Gasteiger charge is 2.30. The van der Waals surface area contributed by atoms with Crippen molar-refractivity contribution < 1.29 is 14.6 Å². The van der Waals surface area contributed by atoms with Gasteiger partial charge in [-0.2, -0.15) is 0 Å². The van der Waals surface area contributed by atoms with Crippen LogP contribution in [0.1, 0.15) is 25.3 Å². The van der Waals surface area contributed by atoms with Crippen LogP contribution in [0, 0.1) is 5.92 Å². The molecule has 1 amide bonds. The normalized spacial score (nSPS) is 22.7. The van der Waals surface area contributed by atoms with E-state index in [1.54, 1.807) is 7.11 Å². The van der Waals surface area contributed by atoms with Crippen LogP contribution < -0.4 is 9.64 Å². The molecule has 2 aliphatic rings. The molecule has 1 aromatic rings. The quantitative estimate of drug-likeness (QED) is 0.918. The number of aliphatic hydroxyl groups is 1. The molecule has 1 aromatic carbocycles. The minimum absolute atomic E-state index is 0.155. The van der Waals surface area contributed by atoms with Gasteiger partial charge in [0.25, 0.3) is 0 Å². The lowest BCUT2D eigenvalue weighted by atomic mass is 10.0. The van der Waals surface area contributed by atoms with Gasteiger partial charge in [-0.15, -0.1) is 0 Å². The van der Waals surface area contributed by atoms with Crippen LogP contribution in [-0.4, -0.2) is 55.3 Å². The number of nitrogens with zero attached hydrogens (tertiary/aromatic N) is 2. The number of aryl methyl sites for hydroxylation is 1. The molecule has 0 bridgehead atoms. The second-order valence-electron chi connectivity index (χ2n) is 6.67. The summed E-state index contributed by atoms with van der Waals surface area (Å²) in [6.45, 7) is 4.77. The smallest absolute Gasteiger partial charge is 0.241 e. The zero-order valence-electron chi connectivity index (χ0n) is 14.0. The third-order valence-electron chi connectivity index (χ3n) is 5.06. The molecule has 0 spiro atoms.